The second-order valence-electron chi connectivity index (χ2n) is 8.28. The third-order valence-electron chi connectivity index (χ3n) is 5.95. The molecule has 3 N–H and O–H groups in total. The van der Waals surface area contributed by atoms with Crippen LogP contribution in [-0.4, -0.2) is 37.0 Å². The first-order valence-electron chi connectivity index (χ1n) is 10.9. The SMILES string of the molecule is Cc1ncc(-c2nn(-c3ccccc3)c(NC(=O)NC3c4cc(Cl)ccc4C[C@H]3O)c2C)cn1. The zero-order valence-corrected chi connectivity index (χ0v) is 19.4. The fourth-order valence-corrected chi connectivity index (χ4v) is 4.42. The van der Waals surface area contributed by atoms with Crippen LogP contribution in [-0.2, 0) is 6.42 Å². The standard InChI is InChI=1S/C25H23ClN6O2/c1-14-22(17-12-27-15(2)28-13-17)31-32(19-6-4-3-5-7-19)24(14)30-25(34)29-23-20-11-18(26)9-8-16(20)10-21(23)33/h3-9,11-13,21,23,33H,10H2,1-2H3,(H2,29,30,34)/t21-,23?/m1/s1. The van der Waals surface area contributed by atoms with E-state index in [0.717, 1.165) is 27.9 Å². The molecule has 0 spiro atoms. The number of halogens is 1. The molecule has 0 aliphatic heterocycles. The van der Waals surface area contributed by atoms with E-state index in [1.165, 1.54) is 0 Å². The van der Waals surface area contributed by atoms with Crippen molar-refractivity contribution in [1.82, 2.24) is 25.1 Å². The molecule has 2 aromatic heterocycles. The Kier molecular flexibility index (Phi) is 5.77. The van der Waals surface area contributed by atoms with Crippen LogP contribution in [0.2, 0.25) is 5.02 Å². The third-order valence-corrected chi connectivity index (χ3v) is 6.19. The van der Waals surface area contributed by atoms with Crippen molar-refractivity contribution in [2.75, 3.05) is 5.32 Å². The van der Waals surface area contributed by atoms with Gasteiger partial charge in [0.2, 0.25) is 0 Å². The number of carbonyl (C=O) groups is 1. The van der Waals surface area contributed by atoms with Crippen LogP contribution in [0.3, 0.4) is 0 Å². The number of nitrogens with zero attached hydrogens (tertiary/aromatic N) is 4. The monoisotopic (exact) mass is 474 g/mol. The molecule has 0 radical (unpaired) electrons. The van der Waals surface area contributed by atoms with Gasteiger partial charge in [-0.25, -0.2) is 19.4 Å². The molecule has 172 valence electrons. The Balaban J connectivity index is 1.48. The molecule has 2 heterocycles. The summed E-state index contributed by atoms with van der Waals surface area (Å²) < 4.78 is 1.68. The van der Waals surface area contributed by atoms with Crippen molar-refractivity contribution in [3.8, 4) is 16.9 Å². The number of aryl methyl sites for hydroxylation is 1. The highest BCUT2D eigenvalue weighted by atomic mass is 35.5. The number of anilines is 1. The molecule has 9 heteroatoms. The van der Waals surface area contributed by atoms with E-state index in [-0.39, 0.29) is 0 Å². The number of urea groups is 1. The summed E-state index contributed by atoms with van der Waals surface area (Å²) in [5, 5.41) is 21.7. The smallest absolute Gasteiger partial charge is 0.320 e. The summed E-state index contributed by atoms with van der Waals surface area (Å²) >= 11 is 6.15. The maximum absolute atomic E-state index is 13.1. The molecule has 4 aromatic rings. The van der Waals surface area contributed by atoms with E-state index < -0.39 is 18.2 Å². The van der Waals surface area contributed by atoms with E-state index in [9.17, 15) is 9.90 Å². The molecular formula is C25H23ClN6O2. The lowest BCUT2D eigenvalue weighted by Crippen LogP contribution is -2.37. The molecule has 1 aliphatic rings. The van der Waals surface area contributed by atoms with E-state index in [0.29, 0.717) is 28.8 Å². The zero-order valence-electron chi connectivity index (χ0n) is 18.7. The Bertz CT molecular complexity index is 1350. The summed E-state index contributed by atoms with van der Waals surface area (Å²) in [6.07, 6.45) is 3.15. The Morgan fingerprint density at radius 2 is 1.85 bits per heavy atom. The van der Waals surface area contributed by atoms with Crippen LogP contribution < -0.4 is 10.6 Å². The van der Waals surface area contributed by atoms with Gasteiger partial charge >= 0.3 is 6.03 Å². The third kappa shape index (κ3) is 4.13. The van der Waals surface area contributed by atoms with Crippen molar-refractivity contribution in [3.63, 3.8) is 0 Å². The van der Waals surface area contributed by atoms with E-state index in [2.05, 4.69) is 20.6 Å². The summed E-state index contributed by atoms with van der Waals surface area (Å²) in [5.74, 6) is 1.18. The summed E-state index contributed by atoms with van der Waals surface area (Å²) in [7, 11) is 0. The number of hydrogen-bond acceptors (Lipinski definition) is 5. The van der Waals surface area contributed by atoms with Crippen LogP contribution in [0.1, 0.15) is 28.6 Å². The minimum Gasteiger partial charge on any atom is -0.390 e. The van der Waals surface area contributed by atoms with Crippen LogP contribution in [0, 0.1) is 13.8 Å². The van der Waals surface area contributed by atoms with Crippen molar-refractivity contribution in [3.05, 3.63) is 88.5 Å². The highest BCUT2D eigenvalue weighted by Crippen LogP contribution is 2.34. The topological polar surface area (TPSA) is 105 Å². The van der Waals surface area contributed by atoms with Gasteiger partial charge in [0.05, 0.1) is 17.8 Å². The van der Waals surface area contributed by atoms with Crippen LogP contribution in [0.25, 0.3) is 16.9 Å². The van der Waals surface area contributed by atoms with Gasteiger partial charge in [-0.15, -0.1) is 0 Å². The average Bonchev–Trinajstić information content (AvgIpc) is 3.31. The molecule has 2 atom stereocenters. The van der Waals surface area contributed by atoms with Crippen molar-refractivity contribution in [1.29, 1.82) is 0 Å². The number of nitrogens with one attached hydrogen (secondary N) is 2. The second kappa shape index (κ2) is 8.89. The van der Waals surface area contributed by atoms with Crippen LogP contribution in [0.4, 0.5) is 10.6 Å². The quantitative estimate of drug-likeness (QED) is 0.407. The fourth-order valence-electron chi connectivity index (χ4n) is 4.24. The first kappa shape index (κ1) is 22.1. The second-order valence-corrected chi connectivity index (χ2v) is 8.72. The van der Waals surface area contributed by atoms with Gasteiger partial charge in [0, 0.05) is 35.0 Å². The highest BCUT2D eigenvalue weighted by Gasteiger charge is 2.33. The van der Waals surface area contributed by atoms with Gasteiger partial charge in [-0.3, -0.25) is 5.32 Å². The first-order chi connectivity index (χ1) is 16.4. The normalized spacial score (nSPS) is 16.8. The molecule has 0 bridgehead atoms. The highest BCUT2D eigenvalue weighted by molar-refractivity contribution is 6.30. The van der Waals surface area contributed by atoms with Gasteiger partial charge < -0.3 is 10.4 Å². The number of aliphatic hydroxyl groups is 1. The molecule has 2 amide bonds. The molecular weight excluding hydrogens is 452 g/mol. The lowest BCUT2D eigenvalue weighted by molar-refractivity contribution is 0.144. The van der Waals surface area contributed by atoms with Gasteiger partial charge in [-0.1, -0.05) is 35.9 Å². The summed E-state index contributed by atoms with van der Waals surface area (Å²) in [6, 6.07) is 14.0. The molecule has 1 unspecified atom stereocenters. The van der Waals surface area contributed by atoms with Gasteiger partial charge in [-0.05, 0) is 49.2 Å². The largest absolute Gasteiger partial charge is 0.390 e. The molecule has 34 heavy (non-hydrogen) atoms. The lowest BCUT2D eigenvalue weighted by atomic mass is 10.1. The molecule has 0 fully saturated rings. The number of amides is 2. The van der Waals surface area contributed by atoms with Crippen LogP contribution >= 0.6 is 11.6 Å². The number of fused-ring (bicyclic) bond motifs is 1. The Morgan fingerprint density at radius 3 is 2.59 bits per heavy atom. The number of rotatable bonds is 4. The number of aromatic nitrogens is 4. The predicted octanol–water partition coefficient (Wildman–Crippen LogP) is 4.38. The number of aliphatic hydroxyl groups excluding tert-OH is 1. The maximum atomic E-state index is 13.1. The molecule has 1 aliphatic carbocycles. The molecule has 0 saturated carbocycles. The Hall–Kier alpha value is -3.75. The minimum absolute atomic E-state index is 0.454. The van der Waals surface area contributed by atoms with Crippen molar-refractivity contribution < 1.29 is 9.90 Å². The van der Waals surface area contributed by atoms with Crippen LogP contribution in [0.15, 0.2) is 60.9 Å². The molecule has 2 aromatic carbocycles. The number of benzene rings is 2. The fraction of sp³-hybridized carbons (Fsp3) is 0.200. The van der Waals surface area contributed by atoms with Crippen molar-refractivity contribution in [2.45, 2.75) is 32.4 Å². The summed E-state index contributed by atoms with van der Waals surface area (Å²) in [5.41, 5.74) is 4.75. The molecule has 8 nitrogen and oxygen atoms in total. The maximum Gasteiger partial charge on any atom is 0.320 e. The van der Waals surface area contributed by atoms with Gasteiger partial charge in [0.25, 0.3) is 0 Å². The average molecular weight is 475 g/mol. The van der Waals surface area contributed by atoms with E-state index >= 15 is 0 Å². The van der Waals surface area contributed by atoms with E-state index in [1.807, 2.05) is 50.2 Å². The Morgan fingerprint density at radius 1 is 1.12 bits per heavy atom. The van der Waals surface area contributed by atoms with E-state index in [1.54, 1.807) is 29.2 Å². The van der Waals surface area contributed by atoms with E-state index in [4.69, 9.17) is 16.7 Å². The summed E-state index contributed by atoms with van der Waals surface area (Å²) in [6.45, 7) is 3.70. The van der Waals surface area contributed by atoms with Crippen molar-refractivity contribution >= 4 is 23.4 Å². The number of hydrogen-bond donors (Lipinski definition) is 3. The van der Waals surface area contributed by atoms with Gasteiger partial charge in [0.15, 0.2) is 0 Å². The van der Waals surface area contributed by atoms with Gasteiger partial charge in [0.1, 0.15) is 17.3 Å². The first-order valence-corrected chi connectivity index (χ1v) is 11.3. The lowest BCUT2D eigenvalue weighted by Gasteiger charge is -2.19. The predicted molar refractivity (Wildman–Crippen MR) is 130 cm³/mol. The summed E-state index contributed by atoms with van der Waals surface area (Å²) in [4.78, 5) is 21.7. The molecule has 5 rings (SSSR count). The van der Waals surface area contributed by atoms with Crippen molar-refractivity contribution in [2.24, 2.45) is 0 Å². The van der Waals surface area contributed by atoms with Gasteiger partial charge in [-0.2, -0.15) is 5.10 Å². The minimum atomic E-state index is -0.736. The zero-order chi connectivity index (χ0) is 23.8. The molecule has 0 saturated heterocycles. The van der Waals surface area contributed by atoms with Crippen LogP contribution in [0.5, 0.6) is 0 Å². The number of para-hydroxylation sites is 1. The Labute approximate surface area is 201 Å². The number of carbonyl (C=O) groups excluding carboxylic acids is 1.